The Morgan fingerprint density at radius 1 is 1.17 bits per heavy atom. The van der Waals surface area contributed by atoms with Crippen molar-refractivity contribution in [3.8, 4) is 0 Å². The quantitative estimate of drug-likeness (QED) is 0.810. The second-order valence-electron chi connectivity index (χ2n) is 6.02. The van der Waals surface area contributed by atoms with Gasteiger partial charge in [-0.1, -0.05) is 73.0 Å². The van der Waals surface area contributed by atoms with Gasteiger partial charge < -0.3 is 9.64 Å². The molecule has 0 atom stereocenters. The number of carbonyl (C=O) groups is 1. The standard InChI is InChI=1S/C20H22BNO2/c1-21-19-9-5-8-18(14-19)17-10-12-22(13-11-17)20(23)24-15-16-6-3-2-4-7-16/h2-10,14,21H,11-13,15H2,1H3. The van der Waals surface area contributed by atoms with Gasteiger partial charge in [-0.15, -0.1) is 0 Å². The van der Waals surface area contributed by atoms with Crippen LogP contribution in [0.25, 0.3) is 5.57 Å². The summed E-state index contributed by atoms with van der Waals surface area (Å²) in [5.74, 6) is 0. The number of benzene rings is 2. The summed E-state index contributed by atoms with van der Waals surface area (Å²) in [7, 11) is 1.04. The zero-order valence-corrected chi connectivity index (χ0v) is 14.1. The van der Waals surface area contributed by atoms with Crippen molar-refractivity contribution in [3.63, 3.8) is 0 Å². The lowest BCUT2D eigenvalue weighted by Crippen LogP contribution is -2.35. The van der Waals surface area contributed by atoms with Crippen molar-refractivity contribution in [2.45, 2.75) is 19.9 Å². The predicted octanol–water partition coefficient (Wildman–Crippen LogP) is 3.22. The first kappa shape index (κ1) is 16.4. The summed E-state index contributed by atoms with van der Waals surface area (Å²) in [6, 6.07) is 18.4. The summed E-state index contributed by atoms with van der Waals surface area (Å²) in [5.41, 5.74) is 4.94. The van der Waals surface area contributed by atoms with Crippen LogP contribution in [0.1, 0.15) is 17.5 Å². The molecule has 1 heterocycles. The van der Waals surface area contributed by atoms with Crippen molar-refractivity contribution in [2.24, 2.45) is 0 Å². The van der Waals surface area contributed by atoms with Gasteiger partial charge in [0, 0.05) is 13.1 Å². The van der Waals surface area contributed by atoms with E-state index in [4.69, 9.17) is 4.74 Å². The van der Waals surface area contributed by atoms with Crippen molar-refractivity contribution in [1.29, 1.82) is 0 Å². The largest absolute Gasteiger partial charge is 0.445 e. The number of hydrogen-bond acceptors (Lipinski definition) is 2. The van der Waals surface area contributed by atoms with Crippen molar-refractivity contribution in [1.82, 2.24) is 4.90 Å². The van der Waals surface area contributed by atoms with Crippen molar-refractivity contribution in [3.05, 3.63) is 71.8 Å². The fourth-order valence-corrected chi connectivity index (χ4v) is 2.90. The van der Waals surface area contributed by atoms with Crippen LogP contribution >= 0.6 is 0 Å². The molecule has 0 fully saturated rings. The zero-order chi connectivity index (χ0) is 16.8. The second kappa shape index (κ2) is 7.87. The summed E-state index contributed by atoms with van der Waals surface area (Å²) < 4.78 is 5.40. The van der Waals surface area contributed by atoms with Crippen LogP contribution in [-0.2, 0) is 11.3 Å². The molecule has 122 valence electrons. The number of rotatable bonds is 4. The summed E-state index contributed by atoms with van der Waals surface area (Å²) >= 11 is 0. The molecule has 0 spiro atoms. The Morgan fingerprint density at radius 2 is 2.00 bits per heavy atom. The highest BCUT2D eigenvalue weighted by Crippen LogP contribution is 2.22. The number of carbonyl (C=O) groups excluding carboxylic acids is 1. The Balaban J connectivity index is 1.57. The van der Waals surface area contributed by atoms with Crippen LogP contribution in [-0.4, -0.2) is 31.4 Å². The van der Waals surface area contributed by atoms with Crippen LogP contribution in [0.4, 0.5) is 4.79 Å². The van der Waals surface area contributed by atoms with E-state index in [0.717, 1.165) is 19.3 Å². The van der Waals surface area contributed by atoms with Gasteiger partial charge in [-0.25, -0.2) is 4.79 Å². The van der Waals surface area contributed by atoms with Gasteiger partial charge in [-0.2, -0.15) is 0 Å². The van der Waals surface area contributed by atoms with E-state index in [1.165, 1.54) is 16.6 Å². The zero-order valence-electron chi connectivity index (χ0n) is 14.1. The minimum absolute atomic E-state index is 0.239. The second-order valence-corrected chi connectivity index (χ2v) is 6.02. The van der Waals surface area contributed by atoms with Gasteiger partial charge in [0.1, 0.15) is 6.61 Å². The average molecular weight is 319 g/mol. The molecule has 2 aromatic carbocycles. The topological polar surface area (TPSA) is 29.5 Å². The molecule has 0 aromatic heterocycles. The third-order valence-electron chi connectivity index (χ3n) is 4.38. The Hall–Kier alpha value is -2.49. The fraction of sp³-hybridized carbons (Fsp3) is 0.250. The van der Waals surface area contributed by atoms with Gasteiger partial charge in [0.25, 0.3) is 0 Å². The molecular formula is C20H22BNO2. The molecule has 0 saturated carbocycles. The summed E-state index contributed by atoms with van der Waals surface area (Å²) in [5, 5.41) is 0. The van der Waals surface area contributed by atoms with Crippen LogP contribution in [0.3, 0.4) is 0 Å². The summed E-state index contributed by atoms with van der Waals surface area (Å²) in [6.07, 6.45) is 2.77. The molecule has 0 N–H and O–H groups in total. The maximum Gasteiger partial charge on any atom is 0.410 e. The molecule has 1 amide bonds. The van der Waals surface area contributed by atoms with Gasteiger partial charge in [-0.3, -0.25) is 0 Å². The number of amides is 1. The van der Waals surface area contributed by atoms with E-state index in [1.54, 1.807) is 4.90 Å². The minimum atomic E-state index is -0.239. The van der Waals surface area contributed by atoms with Crippen molar-refractivity contribution < 1.29 is 9.53 Å². The fourth-order valence-electron chi connectivity index (χ4n) is 2.90. The maximum atomic E-state index is 12.2. The number of hydrogen-bond donors (Lipinski definition) is 0. The van der Waals surface area contributed by atoms with Crippen molar-refractivity contribution in [2.75, 3.05) is 13.1 Å². The maximum absolute atomic E-state index is 12.2. The van der Waals surface area contributed by atoms with Crippen molar-refractivity contribution >= 4 is 24.4 Å². The van der Waals surface area contributed by atoms with E-state index in [1.807, 2.05) is 30.3 Å². The van der Waals surface area contributed by atoms with E-state index >= 15 is 0 Å². The molecule has 0 unspecified atom stereocenters. The molecule has 0 bridgehead atoms. The number of nitrogens with zero attached hydrogens (tertiary/aromatic N) is 1. The molecule has 0 aliphatic carbocycles. The Morgan fingerprint density at radius 3 is 2.71 bits per heavy atom. The molecule has 24 heavy (non-hydrogen) atoms. The number of ether oxygens (including phenoxy) is 1. The van der Waals surface area contributed by atoms with Gasteiger partial charge in [0.05, 0.1) is 0 Å². The SMILES string of the molecule is CBc1cccc(C2=CCN(C(=O)OCc3ccccc3)CC2)c1. The highest BCUT2D eigenvalue weighted by molar-refractivity contribution is 6.51. The van der Waals surface area contributed by atoms with Gasteiger partial charge >= 0.3 is 6.09 Å². The van der Waals surface area contributed by atoms with E-state index in [-0.39, 0.29) is 6.09 Å². The molecular weight excluding hydrogens is 297 g/mol. The molecule has 0 saturated heterocycles. The lowest BCUT2D eigenvalue weighted by atomic mass is 9.72. The van der Waals surface area contributed by atoms with Crippen LogP contribution in [0.5, 0.6) is 0 Å². The first-order valence-corrected chi connectivity index (χ1v) is 8.50. The Labute approximate surface area is 144 Å². The molecule has 2 aromatic rings. The summed E-state index contributed by atoms with van der Waals surface area (Å²) in [6.45, 7) is 3.80. The lowest BCUT2D eigenvalue weighted by molar-refractivity contribution is 0.0998. The van der Waals surface area contributed by atoms with Gasteiger partial charge in [-0.05, 0) is 23.1 Å². The molecule has 3 nitrogen and oxygen atoms in total. The van der Waals surface area contributed by atoms with E-state index < -0.39 is 0 Å². The van der Waals surface area contributed by atoms with E-state index in [0.29, 0.717) is 19.7 Å². The van der Waals surface area contributed by atoms with Crippen LogP contribution in [0.2, 0.25) is 6.82 Å². The highest BCUT2D eigenvalue weighted by Gasteiger charge is 2.19. The monoisotopic (exact) mass is 319 g/mol. The highest BCUT2D eigenvalue weighted by atomic mass is 16.6. The van der Waals surface area contributed by atoms with E-state index in [9.17, 15) is 4.79 Å². The predicted molar refractivity (Wildman–Crippen MR) is 99.9 cm³/mol. The smallest absolute Gasteiger partial charge is 0.410 e. The average Bonchev–Trinajstić information content (AvgIpc) is 2.67. The molecule has 1 aliphatic rings. The molecule has 0 radical (unpaired) electrons. The first-order valence-electron chi connectivity index (χ1n) is 8.50. The third kappa shape index (κ3) is 4.08. The molecule has 1 aliphatic heterocycles. The molecule has 4 heteroatoms. The molecule has 3 rings (SSSR count). The first-order chi connectivity index (χ1) is 11.8. The van der Waals surface area contributed by atoms with Crippen LogP contribution < -0.4 is 5.46 Å². The summed E-state index contributed by atoms with van der Waals surface area (Å²) in [4.78, 5) is 13.9. The normalized spacial score (nSPS) is 14.0. The third-order valence-corrected chi connectivity index (χ3v) is 4.38. The van der Waals surface area contributed by atoms with Crippen LogP contribution in [0.15, 0.2) is 60.7 Å². The van der Waals surface area contributed by atoms with E-state index in [2.05, 4.69) is 37.2 Å². The Kier molecular flexibility index (Phi) is 5.37. The van der Waals surface area contributed by atoms with Gasteiger partial charge in [0.15, 0.2) is 7.28 Å². The van der Waals surface area contributed by atoms with Gasteiger partial charge in [0.2, 0.25) is 0 Å². The minimum Gasteiger partial charge on any atom is -0.445 e. The Bertz CT molecular complexity index is 727. The lowest BCUT2D eigenvalue weighted by Gasteiger charge is -2.26. The van der Waals surface area contributed by atoms with Crippen LogP contribution in [0, 0.1) is 0 Å².